The van der Waals surface area contributed by atoms with E-state index in [2.05, 4.69) is 20.4 Å². The Kier molecular flexibility index (Phi) is 3.27. The molecule has 0 unspecified atom stereocenters. The van der Waals surface area contributed by atoms with Crippen molar-refractivity contribution in [2.75, 3.05) is 5.32 Å². The van der Waals surface area contributed by atoms with Crippen LogP contribution in [0, 0.1) is 0 Å². The maximum Gasteiger partial charge on any atom is 0.277 e. The number of hydrogen-bond donors (Lipinski definition) is 2. The van der Waals surface area contributed by atoms with Crippen LogP contribution in [0.15, 0.2) is 29.7 Å². The summed E-state index contributed by atoms with van der Waals surface area (Å²) in [5.41, 5.74) is 0.0357. The first-order valence-corrected chi connectivity index (χ1v) is 6.56. The van der Waals surface area contributed by atoms with E-state index >= 15 is 0 Å². The van der Waals surface area contributed by atoms with Gasteiger partial charge in [-0.25, -0.2) is 18.5 Å². The molecule has 0 aliphatic heterocycles. The third-order valence-corrected chi connectivity index (χ3v) is 3.04. The van der Waals surface area contributed by atoms with Gasteiger partial charge in [0.1, 0.15) is 10.6 Å². The Hall–Kier alpha value is -2.33. The highest BCUT2D eigenvalue weighted by Crippen LogP contribution is 2.17. The summed E-state index contributed by atoms with van der Waals surface area (Å²) < 4.78 is 23.9. The maximum absolute atomic E-state index is 11.8. The molecule has 0 atom stereocenters. The first-order valence-electron chi connectivity index (χ1n) is 5.02. The molecule has 2 heterocycles. The highest BCUT2D eigenvalue weighted by molar-refractivity contribution is 7.89. The number of aryl methyl sites for hydroxylation is 1. The van der Waals surface area contributed by atoms with E-state index in [9.17, 15) is 13.2 Å². The van der Waals surface area contributed by atoms with Gasteiger partial charge in [0.05, 0.1) is 6.20 Å². The van der Waals surface area contributed by atoms with Crippen LogP contribution in [-0.2, 0) is 17.1 Å². The van der Waals surface area contributed by atoms with Gasteiger partial charge in [-0.1, -0.05) is 0 Å². The van der Waals surface area contributed by atoms with Crippen molar-refractivity contribution in [3.8, 4) is 0 Å². The Labute approximate surface area is 108 Å². The third-order valence-electron chi connectivity index (χ3n) is 2.13. The van der Waals surface area contributed by atoms with Crippen molar-refractivity contribution in [2.24, 2.45) is 12.2 Å². The zero-order valence-corrected chi connectivity index (χ0v) is 10.6. The van der Waals surface area contributed by atoms with E-state index in [4.69, 9.17) is 5.14 Å². The predicted octanol–water partition coefficient (Wildman–Crippen LogP) is -0.890. The van der Waals surface area contributed by atoms with Crippen molar-refractivity contribution >= 4 is 21.7 Å². The van der Waals surface area contributed by atoms with Crippen molar-refractivity contribution in [3.05, 3.63) is 30.5 Å². The highest BCUT2D eigenvalue weighted by Gasteiger charge is 2.20. The van der Waals surface area contributed by atoms with Gasteiger partial charge < -0.3 is 5.32 Å². The standard InChI is InChI=1S/C9H10N6O3S/c1-15-5-7(19(10,17)18)8(14-15)13-9(16)6-4-11-2-3-12-6/h2-5H,1H3,(H2,10,17,18)(H,13,14,16). The van der Waals surface area contributed by atoms with Gasteiger partial charge in [-0.3, -0.25) is 14.5 Å². The smallest absolute Gasteiger partial charge is 0.277 e. The molecule has 0 saturated carbocycles. The van der Waals surface area contributed by atoms with Crippen LogP contribution < -0.4 is 10.5 Å². The Morgan fingerprint density at radius 1 is 1.42 bits per heavy atom. The molecule has 0 radical (unpaired) electrons. The molecule has 9 nitrogen and oxygen atoms in total. The van der Waals surface area contributed by atoms with Gasteiger partial charge in [-0.2, -0.15) is 5.10 Å². The minimum Gasteiger partial charge on any atom is -0.303 e. The Morgan fingerprint density at radius 2 is 2.16 bits per heavy atom. The fourth-order valence-corrected chi connectivity index (χ4v) is 2.01. The zero-order valence-electron chi connectivity index (χ0n) is 9.81. The number of aromatic nitrogens is 4. The molecule has 0 aromatic carbocycles. The van der Waals surface area contributed by atoms with Crippen LogP contribution in [0.3, 0.4) is 0 Å². The largest absolute Gasteiger partial charge is 0.303 e. The van der Waals surface area contributed by atoms with Gasteiger partial charge in [0.2, 0.25) is 10.0 Å². The molecule has 100 valence electrons. The molecule has 2 rings (SSSR count). The van der Waals surface area contributed by atoms with Gasteiger partial charge in [-0.05, 0) is 0 Å². The summed E-state index contributed by atoms with van der Waals surface area (Å²) >= 11 is 0. The number of carbonyl (C=O) groups is 1. The minimum atomic E-state index is -3.97. The number of carbonyl (C=O) groups excluding carboxylic acids is 1. The molecule has 0 bridgehead atoms. The minimum absolute atomic E-state index is 0.0357. The summed E-state index contributed by atoms with van der Waals surface area (Å²) in [6, 6.07) is 0. The molecule has 0 saturated heterocycles. The molecule has 3 N–H and O–H groups in total. The molecular formula is C9H10N6O3S. The fourth-order valence-electron chi connectivity index (χ4n) is 1.35. The van der Waals surface area contributed by atoms with E-state index in [-0.39, 0.29) is 16.4 Å². The lowest BCUT2D eigenvalue weighted by molar-refractivity contribution is 0.102. The number of hydrogen-bond acceptors (Lipinski definition) is 6. The van der Waals surface area contributed by atoms with Crippen LogP contribution in [-0.4, -0.2) is 34.1 Å². The second-order valence-corrected chi connectivity index (χ2v) is 5.14. The summed E-state index contributed by atoms with van der Waals surface area (Å²) in [6.07, 6.45) is 5.19. The molecule has 0 aliphatic rings. The molecule has 1 amide bonds. The van der Waals surface area contributed by atoms with Crippen molar-refractivity contribution in [1.82, 2.24) is 19.7 Å². The van der Waals surface area contributed by atoms with Crippen molar-refractivity contribution in [3.63, 3.8) is 0 Å². The molecule has 19 heavy (non-hydrogen) atoms. The molecule has 10 heteroatoms. The lowest BCUT2D eigenvalue weighted by atomic mass is 10.4. The average Bonchev–Trinajstić information content (AvgIpc) is 2.71. The summed E-state index contributed by atoms with van der Waals surface area (Å²) in [7, 11) is -2.47. The van der Waals surface area contributed by atoms with E-state index in [1.54, 1.807) is 0 Å². The Morgan fingerprint density at radius 3 is 2.74 bits per heavy atom. The van der Waals surface area contributed by atoms with E-state index in [0.717, 1.165) is 0 Å². The van der Waals surface area contributed by atoms with Crippen molar-refractivity contribution in [1.29, 1.82) is 0 Å². The molecular weight excluding hydrogens is 272 g/mol. The van der Waals surface area contributed by atoms with E-state index in [1.807, 2.05) is 0 Å². The number of anilines is 1. The first kappa shape index (κ1) is 13.1. The van der Waals surface area contributed by atoms with Crippen LogP contribution in [0.4, 0.5) is 5.82 Å². The normalized spacial score (nSPS) is 11.3. The lowest BCUT2D eigenvalue weighted by Gasteiger charge is -2.02. The van der Waals surface area contributed by atoms with Crippen LogP contribution in [0.5, 0.6) is 0 Å². The second kappa shape index (κ2) is 4.74. The Balaban J connectivity index is 2.33. The van der Waals surface area contributed by atoms with Gasteiger partial charge in [0, 0.05) is 25.6 Å². The topological polar surface area (TPSA) is 133 Å². The number of rotatable bonds is 3. The SMILES string of the molecule is Cn1cc(S(N)(=O)=O)c(NC(=O)c2cnccn2)n1. The van der Waals surface area contributed by atoms with Gasteiger partial charge in [0.25, 0.3) is 5.91 Å². The van der Waals surface area contributed by atoms with Crippen molar-refractivity contribution < 1.29 is 13.2 Å². The maximum atomic E-state index is 11.8. The first-order chi connectivity index (χ1) is 8.88. The molecule has 2 aromatic heterocycles. The highest BCUT2D eigenvalue weighted by atomic mass is 32.2. The second-order valence-electron chi connectivity index (χ2n) is 3.61. The molecule has 0 aliphatic carbocycles. The van der Waals surface area contributed by atoms with E-state index in [0.29, 0.717) is 0 Å². The number of primary sulfonamides is 1. The van der Waals surface area contributed by atoms with Crippen LogP contribution in [0.25, 0.3) is 0 Å². The number of nitrogens with zero attached hydrogens (tertiary/aromatic N) is 4. The monoisotopic (exact) mass is 282 g/mol. The van der Waals surface area contributed by atoms with E-state index in [1.165, 1.54) is 36.5 Å². The van der Waals surface area contributed by atoms with Gasteiger partial charge >= 0.3 is 0 Å². The summed E-state index contributed by atoms with van der Waals surface area (Å²) in [5.74, 6) is -0.780. The fraction of sp³-hybridized carbons (Fsp3) is 0.111. The Bertz CT molecular complexity index is 709. The number of nitrogens with one attached hydrogen (secondary N) is 1. The molecule has 0 fully saturated rings. The lowest BCUT2D eigenvalue weighted by Crippen LogP contribution is -2.18. The van der Waals surface area contributed by atoms with Crippen LogP contribution >= 0.6 is 0 Å². The van der Waals surface area contributed by atoms with Gasteiger partial charge in [0.15, 0.2) is 5.82 Å². The van der Waals surface area contributed by atoms with Crippen LogP contribution in [0.2, 0.25) is 0 Å². The number of amides is 1. The number of sulfonamides is 1. The number of nitrogens with two attached hydrogens (primary N) is 1. The molecule has 0 spiro atoms. The summed E-state index contributed by atoms with van der Waals surface area (Å²) in [5, 5.41) is 11.2. The zero-order chi connectivity index (χ0) is 14.0. The van der Waals surface area contributed by atoms with Crippen molar-refractivity contribution in [2.45, 2.75) is 4.90 Å². The quantitative estimate of drug-likeness (QED) is 0.750. The molecule has 2 aromatic rings. The van der Waals surface area contributed by atoms with Gasteiger partial charge in [-0.15, -0.1) is 0 Å². The summed E-state index contributed by atoms with van der Waals surface area (Å²) in [6.45, 7) is 0. The summed E-state index contributed by atoms with van der Waals surface area (Å²) in [4.78, 5) is 19.0. The van der Waals surface area contributed by atoms with Crippen LogP contribution in [0.1, 0.15) is 10.5 Å². The third kappa shape index (κ3) is 2.92. The van der Waals surface area contributed by atoms with E-state index < -0.39 is 15.9 Å². The average molecular weight is 282 g/mol. The predicted molar refractivity (Wildman–Crippen MR) is 64.6 cm³/mol.